The molecule has 1 aromatic heterocycles. The van der Waals surface area contributed by atoms with Gasteiger partial charge in [0.2, 0.25) is 0 Å². The third-order valence-corrected chi connectivity index (χ3v) is 3.15. The van der Waals surface area contributed by atoms with Gasteiger partial charge in [0, 0.05) is 28.7 Å². The molecule has 0 fully saturated rings. The standard InChI is InChI=1S/C14H10N2O4/c1-20-14(19)7-2-3-11-8(4-7)10(6-15-11)9-5-12(17)16-13(9)18/h2-6,15H,1H3,(H,16,17,18). The van der Waals surface area contributed by atoms with E-state index in [0.717, 1.165) is 5.52 Å². The largest absolute Gasteiger partial charge is 0.465 e. The first-order valence-corrected chi connectivity index (χ1v) is 5.87. The lowest BCUT2D eigenvalue weighted by molar-refractivity contribution is -0.123. The summed E-state index contributed by atoms with van der Waals surface area (Å²) >= 11 is 0. The molecule has 3 rings (SSSR count). The Kier molecular flexibility index (Phi) is 2.64. The number of nitrogens with one attached hydrogen (secondary N) is 2. The Morgan fingerprint density at radius 1 is 1.25 bits per heavy atom. The molecular weight excluding hydrogens is 260 g/mol. The zero-order valence-corrected chi connectivity index (χ0v) is 10.5. The molecule has 1 aliphatic heterocycles. The third kappa shape index (κ3) is 1.78. The summed E-state index contributed by atoms with van der Waals surface area (Å²) in [6, 6.07) is 4.98. The van der Waals surface area contributed by atoms with Crippen LogP contribution in [0.5, 0.6) is 0 Å². The number of hydrogen-bond acceptors (Lipinski definition) is 4. The minimum atomic E-state index is -0.458. The second kappa shape index (κ2) is 4.34. The van der Waals surface area contributed by atoms with E-state index >= 15 is 0 Å². The number of methoxy groups -OCH3 is 1. The van der Waals surface area contributed by atoms with Crippen LogP contribution in [0, 0.1) is 0 Å². The van der Waals surface area contributed by atoms with Crippen molar-refractivity contribution in [1.29, 1.82) is 0 Å². The van der Waals surface area contributed by atoms with Crippen LogP contribution in [0.4, 0.5) is 0 Å². The summed E-state index contributed by atoms with van der Waals surface area (Å²) in [6.45, 7) is 0. The Bertz CT molecular complexity index is 786. The van der Waals surface area contributed by atoms with E-state index in [4.69, 9.17) is 0 Å². The Balaban J connectivity index is 2.17. The number of ether oxygens (including phenoxy) is 1. The van der Waals surface area contributed by atoms with Gasteiger partial charge in [-0.05, 0) is 18.2 Å². The maximum Gasteiger partial charge on any atom is 0.337 e. The molecule has 1 aromatic carbocycles. The highest BCUT2D eigenvalue weighted by Gasteiger charge is 2.24. The van der Waals surface area contributed by atoms with Crippen LogP contribution in [0.3, 0.4) is 0 Å². The number of H-pyrrole nitrogens is 1. The number of amides is 2. The molecule has 0 saturated carbocycles. The van der Waals surface area contributed by atoms with E-state index < -0.39 is 17.8 Å². The van der Waals surface area contributed by atoms with Crippen LogP contribution in [0.1, 0.15) is 15.9 Å². The maximum atomic E-state index is 11.7. The highest BCUT2D eigenvalue weighted by atomic mass is 16.5. The SMILES string of the molecule is COC(=O)c1ccc2[nH]cc(C3=CC(=O)NC3=O)c2c1. The van der Waals surface area contributed by atoms with Crippen molar-refractivity contribution >= 4 is 34.3 Å². The van der Waals surface area contributed by atoms with Crippen molar-refractivity contribution in [3.63, 3.8) is 0 Å². The highest BCUT2D eigenvalue weighted by molar-refractivity contribution is 6.35. The van der Waals surface area contributed by atoms with Crippen molar-refractivity contribution in [3.8, 4) is 0 Å². The molecule has 6 heteroatoms. The number of imide groups is 1. The molecule has 0 unspecified atom stereocenters. The fraction of sp³-hybridized carbons (Fsp3) is 0.0714. The summed E-state index contributed by atoms with van der Waals surface area (Å²) in [7, 11) is 1.30. The molecule has 2 N–H and O–H groups in total. The van der Waals surface area contributed by atoms with Gasteiger partial charge in [0.15, 0.2) is 0 Å². The van der Waals surface area contributed by atoms with E-state index in [0.29, 0.717) is 16.5 Å². The van der Waals surface area contributed by atoms with Crippen LogP contribution in [0.25, 0.3) is 16.5 Å². The number of carbonyl (C=O) groups is 3. The van der Waals surface area contributed by atoms with Crippen LogP contribution >= 0.6 is 0 Å². The Morgan fingerprint density at radius 2 is 2.05 bits per heavy atom. The maximum absolute atomic E-state index is 11.7. The van der Waals surface area contributed by atoms with Crippen LogP contribution in [0.15, 0.2) is 30.5 Å². The number of aromatic nitrogens is 1. The van der Waals surface area contributed by atoms with Gasteiger partial charge in [-0.2, -0.15) is 0 Å². The molecule has 100 valence electrons. The number of hydrogen-bond donors (Lipinski definition) is 2. The number of benzene rings is 1. The number of fused-ring (bicyclic) bond motifs is 1. The fourth-order valence-corrected chi connectivity index (χ4v) is 2.20. The van der Waals surface area contributed by atoms with E-state index in [9.17, 15) is 14.4 Å². The molecule has 0 radical (unpaired) electrons. The smallest absolute Gasteiger partial charge is 0.337 e. The molecule has 0 aliphatic carbocycles. The van der Waals surface area contributed by atoms with Gasteiger partial charge in [0.05, 0.1) is 18.2 Å². The molecule has 0 atom stereocenters. The van der Waals surface area contributed by atoms with Crippen LogP contribution < -0.4 is 5.32 Å². The average molecular weight is 270 g/mol. The molecule has 1 aliphatic rings. The molecule has 6 nitrogen and oxygen atoms in total. The van der Waals surface area contributed by atoms with Gasteiger partial charge in [0.1, 0.15) is 0 Å². The van der Waals surface area contributed by atoms with Crippen molar-refractivity contribution in [3.05, 3.63) is 41.6 Å². The highest BCUT2D eigenvalue weighted by Crippen LogP contribution is 2.28. The lowest BCUT2D eigenvalue weighted by atomic mass is 10.0. The van der Waals surface area contributed by atoms with Gasteiger partial charge in [0.25, 0.3) is 11.8 Å². The zero-order chi connectivity index (χ0) is 14.3. The van der Waals surface area contributed by atoms with E-state index in [1.165, 1.54) is 13.2 Å². The predicted molar refractivity (Wildman–Crippen MR) is 70.8 cm³/mol. The number of aromatic amines is 1. The first-order chi connectivity index (χ1) is 9.60. The summed E-state index contributed by atoms with van der Waals surface area (Å²) in [5, 5.41) is 2.88. The van der Waals surface area contributed by atoms with Crippen molar-refractivity contribution in [2.45, 2.75) is 0 Å². The minimum absolute atomic E-state index is 0.281. The summed E-state index contributed by atoms with van der Waals surface area (Å²) in [6.07, 6.45) is 2.88. The Morgan fingerprint density at radius 3 is 2.70 bits per heavy atom. The summed E-state index contributed by atoms with van der Waals surface area (Å²) in [5.74, 6) is -1.34. The second-order valence-electron chi connectivity index (χ2n) is 4.33. The topological polar surface area (TPSA) is 88.3 Å². The first-order valence-electron chi connectivity index (χ1n) is 5.87. The Hall–Kier alpha value is -2.89. The zero-order valence-electron chi connectivity index (χ0n) is 10.5. The third-order valence-electron chi connectivity index (χ3n) is 3.15. The lowest BCUT2D eigenvalue weighted by Gasteiger charge is -2.01. The van der Waals surface area contributed by atoms with Gasteiger partial charge in [-0.25, -0.2) is 4.79 Å². The van der Waals surface area contributed by atoms with Crippen LogP contribution in [-0.2, 0) is 14.3 Å². The minimum Gasteiger partial charge on any atom is -0.465 e. The monoisotopic (exact) mass is 270 g/mol. The van der Waals surface area contributed by atoms with Gasteiger partial charge in [-0.15, -0.1) is 0 Å². The van der Waals surface area contributed by atoms with Crippen molar-refractivity contribution in [1.82, 2.24) is 10.3 Å². The van der Waals surface area contributed by atoms with Gasteiger partial charge >= 0.3 is 5.97 Å². The van der Waals surface area contributed by atoms with E-state index in [2.05, 4.69) is 15.0 Å². The fourth-order valence-electron chi connectivity index (χ4n) is 2.20. The van der Waals surface area contributed by atoms with Crippen molar-refractivity contribution in [2.75, 3.05) is 7.11 Å². The van der Waals surface area contributed by atoms with E-state index in [1.54, 1.807) is 24.4 Å². The number of esters is 1. The van der Waals surface area contributed by atoms with Crippen molar-refractivity contribution < 1.29 is 19.1 Å². The quantitative estimate of drug-likeness (QED) is 0.629. The van der Waals surface area contributed by atoms with E-state index in [-0.39, 0.29) is 5.57 Å². The molecule has 0 saturated heterocycles. The Labute approximate surface area is 113 Å². The van der Waals surface area contributed by atoms with Gasteiger partial charge < -0.3 is 9.72 Å². The van der Waals surface area contributed by atoms with Gasteiger partial charge in [-0.1, -0.05) is 0 Å². The molecule has 2 heterocycles. The lowest BCUT2D eigenvalue weighted by Crippen LogP contribution is -2.21. The molecule has 0 bridgehead atoms. The van der Waals surface area contributed by atoms with Crippen LogP contribution in [-0.4, -0.2) is 29.9 Å². The number of carbonyl (C=O) groups excluding carboxylic acids is 3. The summed E-state index contributed by atoms with van der Waals surface area (Å²) in [4.78, 5) is 37.5. The average Bonchev–Trinajstić information content (AvgIpc) is 2.99. The molecule has 2 amide bonds. The number of rotatable bonds is 2. The van der Waals surface area contributed by atoms with Crippen molar-refractivity contribution in [2.24, 2.45) is 0 Å². The summed E-state index contributed by atoms with van der Waals surface area (Å²) in [5.41, 5.74) is 2.00. The normalized spacial score (nSPS) is 14.3. The van der Waals surface area contributed by atoms with E-state index in [1.807, 2.05) is 0 Å². The molecule has 0 spiro atoms. The predicted octanol–water partition coefficient (Wildman–Crippen LogP) is 0.994. The van der Waals surface area contributed by atoms with Gasteiger partial charge in [-0.3, -0.25) is 14.9 Å². The first kappa shape index (κ1) is 12.2. The molecule has 20 heavy (non-hydrogen) atoms. The summed E-state index contributed by atoms with van der Waals surface area (Å²) < 4.78 is 4.67. The molecular formula is C14H10N2O4. The second-order valence-corrected chi connectivity index (χ2v) is 4.33. The molecule has 2 aromatic rings. The van der Waals surface area contributed by atoms with Crippen LogP contribution in [0.2, 0.25) is 0 Å².